The van der Waals surface area contributed by atoms with Gasteiger partial charge in [0.05, 0.1) is 0 Å². The molecule has 0 aromatic carbocycles. The van der Waals surface area contributed by atoms with Gasteiger partial charge in [0, 0.05) is 6.42 Å². The van der Waals surface area contributed by atoms with Gasteiger partial charge in [-0.1, -0.05) is 13.8 Å². The molecule has 4 nitrogen and oxygen atoms in total. The van der Waals surface area contributed by atoms with Crippen LogP contribution in [-0.2, 0) is 9.59 Å². The standard InChI is InChI=1S/C10H17NO3/c1-6(2)9(10(13)14)11-8(12)5-7-3-4-7/h6-7,9H,3-5H2,1-2H3,(H,11,12)(H,13,14). The Balaban J connectivity index is 2.37. The molecule has 1 unspecified atom stereocenters. The highest BCUT2D eigenvalue weighted by molar-refractivity contribution is 5.83. The summed E-state index contributed by atoms with van der Waals surface area (Å²) in [5, 5.41) is 11.4. The van der Waals surface area contributed by atoms with Crippen LogP contribution in [0.15, 0.2) is 0 Å². The minimum Gasteiger partial charge on any atom is -0.480 e. The van der Waals surface area contributed by atoms with Gasteiger partial charge in [0.25, 0.3) is 0 Å². The first-order valence-electron chi connectivity index (χ1n) is 5.03. The molecule has 1 aliphatic rings. The summed E-state index contributed by atoms with van der Waals surface area (Å²) < 4.78 is 0. The van der Waals surface area contributed by atoms with Crippen molar-refractivity contribution in [3.63, 3.8) is 0 Å². The summed E-state index contributed by atoms with van der Waals surface area (Å²) in [5.41, 5.74) is 0. The van der Waals surface area contributed by atoms with Crippen molar-refractivity contribution in [3.8, 4) is 0 Å². The molecule has 0 bridgehead atoms. The minimum absolute atomic E-state index is 0.0735. The van der Waals surface area contributed by atoms with E-state index < -0.39 is 12.0 Å². The van der Waals surface area contributed by atoms with Gasteiger partial charge in [-0.25, -0.2) is 4.79 Å². The van der Waals surface area contributed by atoms with E-state index >= 15 is 0 Å². The number of carboxylic acids is 1. The molecule has 0 aromatic rings. The Hall–Kier alpha value is -1.06. The fourth-order valence-electron chi connectivity index (χ4n) is 1.33. The Labute approximate surface area is 83.7 Å². The predicted molar refractivity (Wildman–Crippen MR) is 51.7 cm³/mol. The Morgan fingerprint density at radius 2 is 2.00 bits per heavy atom. The molecular formula is C10H17NO3. The van der Waals surface area contributed by atoms with Crippen LogP contribution in [0, 0.1) is 11.8 Å². The molecule has 1 amide bonds. The minimum atomic E-state index is -0.954. The summed E-state index contributed by atoms with van der Waals surface area (Å²) in [7, 11) is 0. The first-order chi connectivity index (χ1) is 6.50. The maximum absolute atomic E-state index is 11.3. The van der Waals surface area contributed by atoms with Gasteiger partial charge in [-0.15, -0.1) is 0 Å². The third-order valence-corrected chi connectivity index (χ3v) is 2.42. The van der Waals surface area contributed by atoms with Crippen molar-refractivity contribution in [1.82, 2.24) is 5.32 Å². The normalized spacial score (nSPS) is 17.9. The summed E-state index contributed by atoms with van der Waals surface area (Å²) in [4.78, 5) is 22.1. The van der Waals surface area contributed by atoms with Crippen LogP contribution >= 0.6 is 0 Å². The van der Waals surface area contributed by atoms with Gasteiger partial charge in [-0.05, 0) is 24.7 Å². The zero-order valence-electron chi connectivity index (χ0n) is 8.62. The summed E-state index contributed by atoms with van der Waals surface area (Å²) >= 11 is 0. The first-order valence-corrected chi connectivity index (χ1v) is 5.03. The van der Waals surface area contributed by atoms with E-state index in [0.717, 1.165) is 12.8 Å². The summed E-state index contributed by atoms with van der Waals surface area (Å²) in [6.07, 6.45) is 2.69. The topological polar surface area (TPSA) is 66.4 Å². The highest BCUT2D eigenvalue weighted by atomic mass is 16.4. The number of hydrogen-bond donors (Lipinski definition) is 2. The first kappa shape index (κ1) is 11.0. The van der Waals surface area contributed by atoms with E-state index in [1.54, 1.807) is 13.8 Å². The van der Waals surface area contributed by atoms with E-state index in [1.165, 1.54) is 0 Å². The number of aliphatic carboxylic acids is 1. The average molecular weight is 199 g/mol. The molecule has 1 rings (SSSR count). The Morgan fingerprint density at radius 3 is 2.36 bits per heavy atom. The number of carbonyl (C=O) groups excluding carboxylic acids is 1. The zero-order valence-corrected chi connectivity index (χ0v) is 8.62. The van der Waals surface area contributed by atoms with Crippen LogP contribution < -0.4 is 5.32 Å². The fraction of sp³-hybridized carbons (Fsp3) is 0.800. The lowest BCUT2D eigenvalue weighted by molar-refractivity contribution is -0.143. The number of carbonyl (C=O) groups is 2. The van der Waals surface area contributed by atoms with Gasteiger partial charge >= 0.3 is 5.97 Å². The third-order valence-electron chi connectivity index (χ3n) is 2.42. The number of rotatable bonds is 5. The largest absolute Gasteiger partial charge is 0.480 e. The van der Waals surface area contributed by atoms with E-state index in [1.807, 2.05) is 0 Å². The molecule has 1 saturated carbocycles. The molecule has 0 heterocycles. The van der Waals surface area contributed by atoms with Crippen molar-refractivity contribution in [3.05, 3.63) is 0 Å². The highest BCUT2D eigenvalue weighted by Gasteiger charge is 2.28. The monoisotopic (exact) mass is 199 g/mol. The average Bonchev–Trinajstić information content (AvgIpc) is 2.82. The van der Waals surface area contributed by atoms with Crippen LogP contribution in [-0.4, -0.2) is 23.0 Å². The van der Waals surface area contributed by atoms with Crippen LogP contribution in [0.4, 0.5) is 0 Å². The molecule has 4 heteroatoms. The molecular weight excluding hydrogens is 182 g/mol. The Morgan fingerprint density at radius 1 is 1.43 bits per heavy atom. The van der Waals surface area contributed by atoms with Crippen molar-refractivity contribution in [1.29, 1.82) is 0 Å². The lowest BCUT2D eigenvalue weighted by atomic mass is 10.0. The Kier molecular flexibility index (Phi) is 3.49. The quantitative estimate of drug-likeness (QED) is 0.694. The second kappa shape index (κ2) is 4.44. The molecule has 0 aromatic heterocycles. The molecule has 1 fully saturated rings. The highest BCUT2D eigenvalue weighted by Crippen LogP contribution is 2.32. The van der Waals surface area contributed by atoms with E-state index in [0.29, 0.717) is 12.3 Å². The van der Waals surface area contributed by atoms with Crippen LogP contribution in [0.3, 0.4) is 0 Å². The van der Waals surface area contributed by atoms with E-state index in [2.05, 4.69) is 5.32 Å². The van der Waals surface area contributed by atoms with Crippen LogP contribution in [0.2, 0.25) is 0 Å². The summed E-state index contributed by atoms with van der Waals surface area (Å²) in [6, 6.07) is -0.749. The molecule has 0 spiro atoms. The van der Waals surface area contributed by atoms with E-state index in [-0.39, 0.29) is 11.8 Å². The summed E-state index contributed by atoms with van der Waals surface area (Å²) in [6.45, 7) is 3.58. The number of hydrogen-bond acceptors (Lipinski definition) is 2. The number of carboxylic acid groups (broad SMARTS) is 1. The van der Waals surface area contributed by atoms with Crippen molar-refractivity contribution in [2.45, 2.75) is 39.2 Å². The van der Waals surface area contributed by atoms with Gasteiger partial charge in [0.15, 0.2) is 0 Å². The molecule has 80 valence electrons. The van der Waals surface area contributed by atoms with Gasteiger partial charge in [0.2, 0.25) is 5.91 Å². The van der Waals surface area contributed by atoms with Gasteiger partial charge in [-0.2, -0.15) is 0 Å². The molecule has 1 aliphatic carbocycles. The second-order valence-electron chi connectivity index (χ2n) is 4.27. The maximum Gasteiger partial charge on any atom is 0.326 e. The third kappa shape index (κ3) is 3.36. The Bertz CT molecular complexity index is 234. The molecule has 0 saturated heterocycles. The lowest BCUT2D eigenvalue weighted by Crippen LogP contribution is -2.44. The maximum atomic E-state index is 11.3. The number of amides is 1. The van der Waals surface area contributed by atoms with Gasteiger partial charge < -0.3 is 10.4 Å². The van der Waals surface area contributed by atoms with E-state index in [9.17, 15) is 9.59 Å². The van der Waals surface area contributed by atoms with Gasteiger partial charge in [-0.3, -0.25) is 4.79 Å². The molecule has 1 atom stereocenters. The summed E-state index contributed by atoms with van der Waals surface area (Å²) in [5.74, 6) is -0.662. The van der Waals surface area contributed by atoms with Crippen LogP contribution in [0.5, 0.6) is 0 Å². The molecule has 0 aliphatic heterocycles. The van der Waals surface area contributed by atoms with Crippen LogP contribution in [0.25, 0.3) is 0 Å². The SMILES string of the molecule is CC(C)C(NC(=O)CC1CC1)C(=O)O. The zero-order chi connectivity index (χ0) is 10.7. The van der Waals surface area contributed by atoms with Crippen molar-refractivity contribution < 1.29 is 14.7 Å². The molecule has 0 radical (unpaired) electrons. The smallest absolute Gasteiger partial charge is 0.326 e. The molecule has 2 N–H and O–H groups in total. The molecule has 14 heavy (non-hydrogen) atoms. The second-order valence-corrected chi connectivity index (χ2v) is 4.27. The number of nitrogens with one attached hydrogen (secondary N) is 1. The van der Waals surface area contributed by atoms with Crippen LogP contribution in [0.1, 0.15) is 33.1 Å². The predicted octanol–water partition coefficient (Wildman–Crippen LogP) is 1.01. The lowest BCUT2D eigenvalue weighted by Gasteiger charge is -2.17. The van der Waals surface area contributed by atoms with Gasteiger partial charge in [0.1, 0.15) is 6.04 Å². The van der Waals surface area contributed by atoms with Crippen molar-refractivity contribution in [2.24, 2.45) is 11.8 Å². The fourth-order valence-corrected chi connectivity index (χ4v) is 1.33. The van der Waals surface area contributed by atoms with E-state index in [4.69, 9.17) is 5.11 Å². The van der Waals surface area contributed by atoms with Crippen molar-refractivity contribution >= 4 is 11.9 Å². The van der Waals surface area contributed by atoms with Crippen molar-refractivity contribution in [2.75, 3.05) is 0 Å².